The Hall–Kier alpha value is -2.33. The molecule has 108 valence electrons. The summed E-state index contributed by atoms with van der Waals surface area (Å²) in [4.78, 5) is 9.20. The van der Waals surface area contributed by atoms with Crippen LogP contribution in [0.25, 0.3) is 16.4 Å². The molecule has 4 rings (SSSR count). The van der Waals surface area contributed by atoms with E-state index in [9.17, 15) is 0 Å². The van der Waals surface area contributed by atoms with Gasteiger partial charge in [-0.05, 0) is 36.1 Å². The van der Waals surface area contributed by atoms with Gasteiger partial charge in [0, 0.05) is 29.7 Å². The molecule has 0 saturated carbocycles. The van der Waals surface area contributed by atoms with Crippen molar-refractivity contribution < 1.29 is 0 Å². The van der Waals surface area contributed by atoms with E-state index in [0.717, 1.165) is 22.1 Å². The number of fused-ring (bicyclic) bond motifs is 2. The average Bonchev–Trinajstić information content (AvgIpc) is 2.95. The monoisotopic (exact) mass is 305 g/mol. The van der Waals surface area contributed by atoms with Gasteiger partial charge in [-0.1, -0.05) is 36.0 Å². The first-order chi connectivity index (χ1) is 10.8. The number of hydrogen-bond donors (Lipinski definition) is 0. The summed E-state index contributed by atoms with van der Waals surface area (Å²) in [6.45, 7) is 2.09. The van der Waals surface area contributed by atoms with Gasteiger partial charge in [0.25, 0.3) is 0 Å². The number of aromatic nitrogens is 3. The molecule has 3 heterocycles. The Balaban J connectivity index is 1.62. The van der Waals surface area contributed by atoms with Crippen molar-refractivity contribution in [3.05, 3.63) is 72.3 Å². The minimum absolute atomic E-state index is 0.821. The molecule has 0 atom stereocenters. The molecular formula is C18H15N3S. The molecule has 3 aromatic heterocycles. The Morgan fingerprint density at radius 3 is 3.00 bits per heavy atom. The smallest absolute Gasteiger partial charge is 0.137 e. The quantitative estimate of drug-likeness (QED) is 0.523. The lowest BCUT2D eigenvalue weighted by Crippen LogP contribution is -1.85. The van der Waals surface area contributed by atoms with E-state index in [1.165, 1.54) is 16.3 Å². The van der Waals surface area contributed by atoms with Gasteiger partial charge in [-0.25, -0.2) is 9.97 Å². The van der Waals surface area contributed by atoms with E-state index in [2.05, 4.69) is 70.1 Å². The van der Waals surface area contributed by atoms with Crippen LogP contribution in [0, 0.1) is 6.92 Å². The number of rotatable bonds is 3. The zero-order valence-electron chi connectivity index (χ0n) is 12.2. The molecule has 0 unspecified atom stereocenters. The Labute approximate surface area is 133 Å². The van der Waals surface area contributed by atoms with Crippen molar-refractivity contribution in [2.75, 3.05) is 0 Å². The maximum absolute atomic E-state index is 4.68. The van der Waals surface area contributed by atoms with Crippen LogP contribution in [0.3, 0.4) is 0 Å². The van der Waals surface area contributed by atoms with Gasteiger partial charge in [-0.3, -0.25) is 0 Å². The fourth-order valence-corrected chi connectivity index (χ4v) is 3.46. The first-order valence-electron chi connectivity index (χ1n) is 7.20. The molecule has 4 aromatic rings. The third-order valence-electron chi connectivity index (χ3n) is 3.66. The summed E-state index contributed by atoms with van der Waals surface area (Å²) in [6, 6.07) is 14.6. The van der Waals surface area contributed by atoms with E-state index >= 15 is 0 Å². The van der Waals surface area contributed by atoms with Crippen molar-refractivity contribution in [1.82, 2.24) is 14.4 Å². The highest BCUT2D eigenvalue weighted by Gasteiger charge is 2.06. The van der Waals surface area contributed by atoms with Gasteiger partial charge in [-0.15, -0.1) is 0 Å². The third-order valence-corrected chi connectivity index (χ3v) is 4.70. The maximum Gasteiger partial charge on any atom is 0.137 e. The molecule has 3 nitrogen and oxygen atoms in total. The molecule has 4 heteroatoms. The van der Waals surface area contributed by atoms with Crippen LogP contribution in [0.4, 0.5) is 0 Å². The maximum atomic E-state index is 4.68. The normalized spacial score (nSPS) is 11.3. The van der Waals surface area contributed by atoms with Crippen molar-refractivity contribution in [2.45, 2.75) is 17.7 Å². The predicted octanol–water partition coefficient (Wildman–Crippen LogP) is 4.48. The summed E-state index contributed by atoms with van der Waals surface area (Å²) >= 11 is 1.74. The molecule has 22 heavy (non-hydrogen) atoms. The van der Waals surface area contributed by atoms with Crippen LogP contribution in [0.1, 0.15) is 11.3 Å². The van der Waals surface area contributed by atoms with E-state index in [-0.39, 0.29) is 0 Å². The second-order valence-corrected chi connectivity index (χ2v) is 6.29. The molecule has 0 spiro atoms. The summed E-state index contributed by atoms with van der Waals surface area (Å²) in [7, 11) is 0. The molecule has 0 fully saturated rings. The molecule has 0 saturated heterocycles. The van der Waals surface area contributed by atoms with Gasteiger partial charge in [0.1, 0.15) is 10.7 Å². The lowest BCUT2D eigenvalue weighted by molar-refractivity contribution is 1.16. The fraction of sp³-hybridized carbons (Fsp3) is 0.111. The Morgan fingerprint density at radius 2 is 2.05 bits per heavy atom. The standard InChI is InChI=1S/C18H15N3S/c1-13-7-9-21-11-15(20-17(21)10-13)12-22-18-16-5-3-2-4-14(16)6-8-19-18/h2-11H,12H2,1H3. The van der Waals surface area contributed by atoms with Crippen molar-refractivity contribution in [2.24, 2.45) is 0 Å². The van der Waals surface area contributed by atoms with Gasteiger partial charge in [0.2, 0.25) is 0 Å². The fourth-order valence-electron chi connectivity index (χ4n) is 2.56. The van der Waals surface area contributed by atoms with Crippen LogP contribution in [0.5, 0.6) is 0 Å². The third kappa shape index (κ3) is 2.46. The molecule has 0 aliphatic carbocycles. The number of hydrogen-bond acceptors (Lipinski definition) is 3. The lowest BCUT2D eigenvalue weighted by atomic mass is 10.2. The molecule has 0 radical (unpaired) electrons. The molecular weight excluding hydrogens is 290 g/mol. The number of thioether (sulfide) groups is 1. The highest BCUT2D eigenvalue weighted by Crippen LogP contribution is 2.28. The Bertz CT molecular complexity index is 954. The van der Waals surface area contributed by atoms with Crippen molar-refractivity contribution in [1.29, 1.82) is 0 Å². The summed E-state index contributed by atoms with van der Waals surface area (Å²) in [5.74, 6) is 0.821. The second-order valence-electron chi connectivity index (χ2n) is 5.33. The van der Waals surface area contributed by atoms with Crippen LogP contribution < -0.4 is 0 Å². The van der Waals surface area contributed by atoms with Crippen LogP contribution >= 0.6 is 11.8 Å². The van der Waals surface area contributed by atoms with Crippen LogP contribution in [0.15, 0.2) is 66.1 Å². The van der Waals surface area contributed by atoms with Gasteiger partial charge >= 0.3 is 0 Å². The highest BCUT2D eigenvalue weighted by atomic mass is 32.2. The largest absolute Gasteiger partial charge is 0.307 e. The van der Waals surface area contributed by atoms with E-state index in [4.69, 9.17) is 0 Å². The minimum Gasteiger partial charge on any atom is -0.307 e. The second kappa shape index (κ2) is 5.46. The van der Waals surface area contributed by atoms with Crippen molar-refractivity contribution in [3.8, 4) is 0 Å². The number of aryl methyl sites for hydroxylation is 1. The van der Waals surface area contributed by atoms with Gasteiger partial charge in [0.15, 0.2) is 0 Å². The molecule has 0 aliphatic heterocycles. The molecule has 0 aliphatic rings. The highest BCUT2D eigenvalue weighted by molar-refractivity contribution is 7.98. The van der Waals surface area contributed by atoms with Gasteiger partial charge in [0.05, 0.1) is 5.69 Å². The summed E-state index contributed by atoms with van der Waals surface area (Å²) in [5.41, 5.74) is 3.31. The molecule has 0 N–H and O–H groups in total. The Morgan fingerprint density at radius 1 is 1.14 bits per heavy atom. The van der Waals surface area contributed by atoms with Crippen LogP contribution in [-0.2, 0) is 5.75 Å². The summed E-state index contributed by atoms with van der Waals surface area (Å²) in [6.07, 6.45) is 6.02. The SMILES string of the molecule is Cc1ccn2cc(CSc3nccc4ccccc34)nc2c1. The number of pyridine rings is 2. The number of benzene rings is 1. The number of imidazole rings is 1. The van der Waals surface area contributed by atoms with Gasteiger partial charge in [-0.2, -0.15) is 0 Å². The van der Waals surface area contributed by atoms with E-state index in [1.54, 1.807) is 11.8 Å². The average molecular weight is 305 g/mol. The zero-order chi connectivity index (χ0) is 14.9. The summed E-state index contributed by atoms with van der Waals surface area (Å²) in [5, 5.41) is 3.49. The van der Waals surface area contributed by atoms with Gasteiger partial charge < -0.3 is 4.40 Å². The molecule has 0 bridgehead atoms. The lowest BCUT2D eigenvalue weighted by Gasteiger charge is -2.03. The Kier molecular flexibility index (Phi) is 3.31. The van der Waals surface area contributed by atoms with Crippen molar-refractivity contribution >= 4 is 28.2 Å². The summed E-state index contributed by atoms with van der Waals surface area (Å²) < 4.78 is 2.07. The number of nitrogens with zero attached hydrogens (tertiary/aromatic N) is 3. The molecule has 1 aromatic carbocycles. The van der Waals surface area contributed by atoms with Crippen LogP contribution in [0.2, 0.25) is 0 Å². The van der Waals surface area contributed by atoms with E-state index in [1.807, 2.05) is 12.3 Å². The first-order valence-corrected chi connectivity index (χ1v) is 8.19. The van der Waals surface area contributed by atoms with E-state index in [0.29, 0.717) is 0 Å². The van der Waals surface area contributed by atoms with Crippen LogP contribution in [-0.4, -0.2) is 14.4 Å². The molecule has 0 amide bonds. The van der Waals surface area contributed by atoms with Crippen molar-refractivity contribution in [3.63, 3.8) is 0 Å². The van der Waals surface area contributed by atoms with E-state index < -0.39 is 0 Å². The minimum atomic E-state index is 0.821. The topological polar surface area (TPSA) is 30.2 Å². The predicted molar refractivity (Wildman–Crippen MR) is 91.2 cm³/mol. The zero-order valence-corrected chi connectivity index (χ0v) is 13.0. The first kappa shape index (κ1) is 13.3.